The van der Waals surface area contributed by atoms with E-state index in [2.05, 4.69) is 5.32 Å². The number of carbonyl (C=O) groups excluding carboxylic acids is 5. The predicted molar refractivity (Wildman–Crippen MR) is 73.4 cm³/mol. The van der Waals surface area contributed by atoms with Gasteiger partial charge in [0.1, 0.15) is 6.54 Å². The highest BCUT2D eigenvalue weighted by molar-refractivity contribution is 6.45. The molecule has 0 aromatic carbocycles. The van der Waals surface area contributed by atoms with Crippen molar-refractivity contribution < 1.29 is 24.0 Å². The quantitative estimate of drug-likeness (QED) is 0.510. The Hall–Kier alpha value is -2.45. The Morgan fingerprint density at radius 3 is 2.36 bits per heavy atom. The average molecular weight is 310 g/mol. The summed E-state index contributed by atoms with van der Waals surface area (Å²) in [6, 6.07) is -1.41. The van der Waals surface area contributed by atoms with E-state index in [1.165, 1.54) is 0 Å². The number of amides is 7. The zero-order chi connectivity index (χ0) is 16.3. The second-order valence-electron chi connectivity index (χ2n) is 5.28. The van der Waals surface area contributed by atoms with Crippen molar-refractivity contribution in [3.63, 3.8) is 0 Å². The average Bonchev–Trinajstić information content (AvgIpc) is 3.24. The molecule has 2 N–H and O–H groups in total. The third kappa shape index (κ3) is 3.60. The van der Waals surface area contributed by atoms with E-state index >= 15 is 0 Å². The molecular formula is C13H18N4O5. The van der Waals surface area contributed by atoms with Gasteiger partial charge in [-0.15, -0.1) is 0 Å². The van der Waals surface area contributed by atoms with Crippen molar-refractivity contribution in [2.75, 3.05) is 13.1 Å². The van der Waals surface area contributed by atoms with E-state index in [1.54, 1.807) is 0 Å². The van der Waals surface area contributed by atoms with E-state index in [1.807, 2.05) is 12.2 Å². The normalized spacial score (nSPS) is 18.0. The van der Waals surface area contributed by atoms with Crippen LogP contribution in [0.4, 0.5) is 9.59 Å². The van der Waals surface area contributed by atoms with Gasteiger partial charge in [0, 0.05) is 12.6 Å². The number of unbranched alkanes of at least 4 members (excludes halogenated alkanes) is 1. The number of nitrogens with zero attached hydrogens (tertiary/aromatic N) is 2. The molecular weight excluding hydrogens is 292 g/mol. The molecule has 2 rings (SSSR count). The van der Waals surface area contributed by atoms with Crippen LogP contribution in [-0.4, -0.2) is 58.7 Å². The van der Waals surface area contributed by atoms with Crippen molar-refractivity contribution in [3.8, 4) is 0 Å². The first-order chi connectivity index (χ1) is 10.4. The van der Waals surface area contributed by atoms with Crippen molar-refractivity contribution >= 4 is 29.8 Å². The van der Waals surface area contributed by atoms with Gasteiger partial charge in [0.2, 0.25) is 5.91 Å². The fourth-order valence-electron chi connectivity index (χ4n) is 1.96. The van der Waals surface area contributed by atoms with Crippen molar-refractivity contribution in [1.82, 2.24) is 20.4 Å². The summed E-state index contributed by atoms with van der Waals surface area (Å²) in [5.41, 5.74) is 0. The Bertz CT molecular complexity index is 529. The number of hydrogen-bond acceptors (Lipinski definition) is 5. The highest BCUT2D eigenvalue weighted by Gasteiger charge is 2.44. The molecule has 1 aliphatic carbocycles. The summed E-state index contributed by atoms with van der Waals surface area (Å²) >= 11 is 0. The summed E-state index contributed by atoms with van der Waals surface area (Å²) in [6.45, 7) is 1.38. The SMILES string of the molecule is CCCCN1C(=O)C(=O)N(CC(=O)NC(=O)NC2CC2)C1=O. The minimum absolute atomic E-state index is 0.0777. The number of urea groups is 2. The first-order valence-electron chi connectivity index (χ1n) is 7.21. The van der Waals surface area contributed by atoms with Gasteiger partial charge in [-0.05, 0) is 19.3 Å². The van der Waals surface area contributed by atoms with E-state index in [9.17, 15) is 24.0 Å². The molecule has 0 atom stereocenters. The van der Waals surface area contributed by atoms with Gasteiger partial charge in [0.25, 0.3) is 0 Å². The Balaban J connectivity index is 1.89. The summed E-state index contributed by atoms with van der Waals surface area (Å²) in [7, 11) is 0. The Morgan fingerprint density at radius 2 is 1.77 bits per heavy atom. The molecule has 2 aliphatic rings. The summed E-state index contributed by atoms with van der Waals surface area (Å²) in [5, 5.41) is 4.57. The van der Waals surface area contributed by atoms with Crippen molar-refractivity contribution in [3.05, 3.63) is 0 Å². The second-order valence-corrected chi connectivity index (χ2v) is 5.28. The van der Waals surface area contributed by atoms with Crippen molar-refractivity contribution in [2.45, 2.75) is 38.6 Å². The Labute approximate surface area is 127 Å². The van der Waals surface area contributed by atoms with Crippen LogP contribution in [0.5, 0.6) is 0 Å². The van der Waals surface area contributed by atoms with Crippen LogP contribution in [0.2, 0.25) is 0 Å². The smallest absolute Gasteiger partial charge is 0.334 e. The Morgan fingerprint density at radius 1 is 1.14 bits per heavy atom. The van der Waals surface area contributed by atoms with Crippen LogP contribution < -0.4 is 10.6 Å². The summed E-state index contributed by atoms with van der Waals surface area (Å²) in [6.07, 6.45) is 3.07. The molecule has 0 radical (unpaired) electrons. The number of nitrogens with one attached hydrogen (secondary N) is 2. The van der Waals surface area contributed by atoms with E-state index in [-0.39, 0.29) is 12.6 Å². The third-order valence-corrected chi connectivity index (χ3v) is 3.34. The maximum absolute atomic E-state index is 12.0. The van der Waals surface area contributed by atoms with Gasteiger partial charge in [-0.25, -0.2) is 14.5 Å². The first kappa shape index (κ1) is 15.9. The Kier molecular flexibility index (Phi) is 4.74. The number of imide groups is 3. The van der Waals surface area contributed by atoms with Crippen LogP contribution >= 0.6 is 0 Å². The fraction of sp³-hybridized carbons (Fsp3) is 0.615. The maximum atomic E-state index is 12.0. The molecule has 0 bridgehead atoms. The lowest BCUT2D eigenvalue weighted by Crippen LogP contribution is -2.46. The van der Waals surface area contributed by atoms with Crippen LogP contribution in [-0.2, 0) is 14.4 Å². The molecule has 7 amide bonds. The number of rotatable bonds is 6. The summed E-state index contributed by atoms with van der Waals surface area (Å²) < 4.78 is 0. The van der Waals surface area contributed by atoms with Gasteiger partial charge < -0.3 is 5.32 Å². The van der Waals surface area contributed by atoms with Crippen LogP contribution in [0.25, 0.3) is 0 Å². The van der Waals surface area contributed by atoms with Gasteiger partial charge >= 0.3 is 23.9 Å². The molecule has 120 valence electrons. The minimum Gasteiger partial charge on any atom is -0.335 e. The van der Waals surface area contributed by atoms with Gasteiger partial charge in [-0.1, -0.05) is 13.3 Å². The largest absolute Gasteiger partial charge is 0.335 e. The van der Waals surface area contributed by atoms with Gasteiger partial charge in [0.05, 0.1) is 0 Å². The molecule has 22 heavy (non-hydrogen) atoms. The fourth-order valence-corrected chi connectivity index (χ4v) is 1.96. The van der Waals surface area contributed by atoms with Gasteiger partial charge in [-0.3, -0.25) is 24.6 Å². The van der Waals surface area contributed by atoms with E-state index in [4.69, 9.17) is 0 Å². The lowest BCUT2D eigenvalue weighted by Gasteiger charge is -2.14. The van der Waals surface area contributed by atoms with E-state index in [0.717, 1.165) is 24.2 Å². The molecule has 0 aromatic heterocycles. The maximum Gasteiger partial charge on any atom is 0.334 e. The van der Waals surface area contributed by atoms with Gasteiger partial charge in [-0.2, -0.15) is 0 Å². The summed E-state index contributed by atoms with van der Waals surface area (Å²) in [4.78, 5) is 59.9. The molecule has 0 aromatic rings. The van der Waals surface area contributed by atoms with Crippen LogP contribution in [0.15, 0.2) is 0 Å². The molecule has 9 heteroatoms. The van der Waals surface area contributed by atoms with Crippen molar-refractivity contribution in [1.29, 1.82) is 0 Å². The van der Waals surface area contributed by atoms with Crippen molar-refractivity contribution in [2.24, 2.45) is 0 Å². The standard InChI is InChI=1S/C13H18N4O5/c1-2-3-6-16-10(19)11(20)17(13(16)22)7-9(18)15-12(21)14-8-4-5-8/h8H,2-7H2,1H3,(H2,14,15,18,21). The zero-order valence-corrected chi connectivity index (χ0v) is 12.3. The van der Waals surface area contributed by atoms with Crippen LogP contribution in [0, 0.1) is 0 Å². The van der Waals surface area contributed by atoms with Crippen LogP contribution in [0.1, 0.15) is 32.6 Å². The molecule has 1 saturated heterocycles. The molecule has 2 fully saturated rings. The highest BCUT2D eigenvalue weighted by Crippen LogP contribution is 2.18. The monoisotopic (exact) mass is 310 g/mol. The van der Waals surface area contributed by atoms with Crippen LogP contribution in [0.3, 0.4) is 0 Å². The van der Waals surface area contributed by atoms with Gasteiger partial charge in [0.15, 0.2) is 0 Å². The molecule has 0 spiro atoms. The predicted octanol–water partition coefficient (Wildman–Crippen LogP) is -0.434. The molecule has 0 unspecified atom stereocenters. The summed E-state index contributed by atoms with van der Waals surface area (Å²) in [5.74, 6) is -2.79. The zero-order valence-electron chi connectivity index (χ0n) is 12.3. The van der Waals surface area contributed by atoms with E-state index in [0.29, 0.717) is 11.3 Å². The second kappa shape index (κ2) is 6.54. The first-order valence-corrected chi connectivity index (χ1v) is 7.21. The lowest BCUT2D eigenvalue weighted by molar-refractivity contribution is -0.143. The molecule has 1 saturated carbocycles. The molecule has 1 aliphatic heterocycles. The number of carbonyl (C=O) groups is 5. The van der Waals surface area contributed by atoms with E-state index < -0.39 is 36.3 Å². The third-order valence-electron chi connectivity index (χ3n) is 3.34. The highest BCUT2D eigenvalue weighted by atomic mass is 16.2. The number of hydrogen-bond donors (Lipinski definition) is 2. The molecule has 1 heterocycles. The minimum atomic E-state index is -1.04. The topological polar surface area (TPSA) is 116 Å². The molecule has 9 nitrogen and oxygen atoms in total. The lowest BCUT2D eigenvalue weighted by atomic mass is 10.3.